The lowest BCUT2D eigenvalue weighted by atomic mass is 9.47. The van der Waals surface area contributed by atoms with Crippen LogP contribution in [0.5, 0.6) is 0 Å². The quantitative estimate of drug-likeness (QED) is 0.338. The first kappa shape index (κ1) is 28.3. The van der Waals surface area contributed by atoms with Gasteiger partial charge in [-0.25, -0.2) is 0 Å². The Hall–Kier alpha value is -0.760. The Balaban J connectivity index is 1.68. The van der Waals surface area contributed by atoms with E-state index in [1.807, 2.05) is 6.92 Å². The van der Waals surface area contributed by atoms with Crippen molar-refractivity contribution in [1.82, 2.24) is 0 Å². The monoisotopic (exact) mass is 506 g/mol. The minimum absolute atomic E-state index is 0.0775. The van der Waals surface area contributed by atoms with Crippen LogP contribution in [0.3, 0.4) is 0 Å². The molecule has 6 heteroatoms. The molecule has 4 rings (SSSR count). The van der Waals surface area contributed by atoms with E-state index in [1.165, 1.54) is 0 Å². The van der Waals surface area contributed by atoms with E-state index in [1.54, 1.807) is 0 Å². The standard InChI is InChI=1S/C30H50O6/c1-17(2)18(3)7-8-19(4)21-9-10-22-24-25(23(32)16-28(21,22)5)29(6)12-11-20(36-14-13-31)15-30(29,35)27(34)26(24)33/h7-8,17-23,26-27,31-35H,9-16H2,1-6H3/b8-7+/t18?,19-,20+,21-,22+,23-,26+,27+,28-,29-,30+/m1/s1. The molecule has 0 amide bonds. The third-order valence-corrected chi connectivity index (χ3v) is 11.1. The molecule has 0 spiro atoms. The predicted octanol–water partition coefficient (Wildman–Crippen LogP) is 3.60. The van der Waals surface area contributed by atoms with Crippen LogP contribution in [-0.4, -0.2) is 68.8 Å². The molecule has 2 saturated carbocycles. The summed E-state index contributed by atoms with van der Waals surface area (Å²) in [5.74, 6) is 1.91. The minimum Gasteiger partial charge on any atom is -0.394 e. The molecule has 1 unspecified atom stereocenters. The van der Waals surface area contributed by atoms with Gasteiger partial charge < -0.3 is 30.3 Å². The van der Waals surface area contributed by atoms with Gasteiger partial charge in [0.05, 0.1) is 25.4 Å². The average molecular weight is 507 g/mol. The Morgan fingerprint density at radius 3 is 2.33 bits per heavy atom. The highest BCUT2D eigenvalue weighted by Crippen LogP contribution is 2.66. The van der Waals surface area contributed by atoms with Crippen molar-refractivity contribution in [2.45, 2.75) is 110 Å². The summed E-state index contributed by atoms with van der Waals surface area (Å²) in [7, 11) is 0. The molecule has 2 fully saturated rings. The fraction of sp³-hybridized carbons (Fsp3) is 0.867. The van der Waals surface area contributed by atoms with Gasteiger partial charge in [0.15, 0.2) is 0 Å². The Kier molecular flexibility index (Phi) is 7.92. The van der Waals surface area contributed by atoms with Gasteiger partial charge in [-0.1, -0.05) is 53.7 Å². The van der Waals surface area contributed by atoms with Gasteiger partial charge in [0, 0.05) is 11.8 Å². The number of allylic oxidation sites excluding steroid dienone is 2. The van der Waals surface area contributed by atoms with Crippen molar-refractivity contribution in [2.24, 2.45) is 40.4 Å². The Labute approximate surface area is 217 Å². The molecule has 0 bridgehead atoms. The largest absolute Gasteiger partial charge is 0.394 e. The smallest absolute Gasteiger partial charge is 0.113 e. The van der Waals surface area contributed by atoms with Crippen molar-refractivity contribution in [1.29, 1.82) is 0 Å². The van der Waals surface area contributed by atoms with Gasteiger partial charge >= 0.3 is 0 Å². The van der Waals surface area contributed by atoms with E-state index in [4.69, 9.17) is 9.84 Å². The molecule has 0 heterocycles. The molecule has 0 saturated heterocycles. The molecular formula is C30H50O6. The fourth-order valence-electron chi connectivity index (χ4n) is 8.54. The Morgan fingerprint density at radius 1 is 1.00 bits per heavy atom. The van der Waals surface area contributed by atoms with Crippen molar-refractivity contribution in [2.75, 3.05) is 13.2 Å². The summed E-state index contributed by atoms with van der Waals surface area (Å²) < 4.78 is 5.73. The van der Waals surface area contributed by atoms with Gasteiger partial charge in [0.1, 0.15) is 17.8 Å². The van der Waals surface area contributed by atoms with Crippen LogP contribution in [0.25, 0.3) is 0 Å². The first-order valence-electron chi connectivity index (χ1n) is 14.2. The topological polar surface area (TPSA) is 110 Å². The number of aliphatic hydroxyl groups is 5. The summed E-state index contributed by atoms with van der Waals surface area (Å²) in [6.07, 6.45) is 5.00. The van der Waals surface area contributed by atoms with E-state index >= 15 is 0 Å². The highest BCUT2D eigenvalue weighted by molar-refractivity contribution is 5.44. The van der Waals surface area contributed by atoms with Gasteiger partial charge in [-0.2, -0.15) is 0 Å². The van der Waals surface area contributed by atoms with Crippen LogP contribution >= 0.6 is 0 Å². The third-order valence-electron chi connectivity index (χ3n) is 11.1. The molecule has 0 aromatic heterocycles. The molecule has 206 valence electrons. The Morgan fingerprint density at radius 2 is 1.69 bits per heavy atom. The average Bonchev–Trinajstić information content (AvgIpc) is 3.16. The third kappa shape index (κ3) is 4.24. The van der Waals surface area contributed by atoms with Crippen molar-refractivity contribution in [3.05, 3.63) is 23.3 Å². The van der Waals surface area contributed by atoms with E-state index in [0.717, 1.165) is 24.0 Å². The van der Waals surface area contributed by atoms with Crippen molar-refractivity contribution < 1.29 is 30.3 Å². The lowest BCUT2D eigenvalue weighted by Crippen LogP contribution is -2.69. The molecular weight excluding hydrogens is 456 g/mol. The first-order valence-corrected chi connectivity index (χ1v) is 14.2. The van der Waals surface area contributed by atoms with E-state index in [0.29, 0.717) is 42.9 Å². The molecule has 0 aromatic rings. The summed E-state index contributed by atoms with van der Waals surface area (Å²) in [4.78, 5) is 0. The van der Waals surface area contributed by atoms with Crippen molar-refractivity contribution in [3.8, 4) is 0 Å². The van der Waals surface area contributed by atoms with Crippen molar-refractivity contribution >= 4 is 0 Å². The van der Waals surface area contributed by atoms with E-state index in [9.17, 15) is 20.4 Å². The second-order valence-corrected chi connectivity index (χ2v) is 13.3. The molecule has 4 aliphatic carbocycles. The molecule has 0 aliphatic heterocycles. The lowest BCUT2D eigenvalue weighted by Gasteiger charge is -2.62. The summed E-state index contributed by atoms with van der Waals surface area (Å²) in [6.45, 7) is 13.3. The van der Waals surface area contributed by atoms with Gasteiger partial charge in [-0.05, 0) is 78.3 Å². The molecule has 11 atom stereocenters. The van der Waals surface area contributed by atoms with Gasteiger partial charge in [0.25, 0.3) is 0 Å². The maximum Gasteiger partial charge on any atom is 0.113 e. The summed E-state index contributed by atoms with van der Waals surface area (Å²) >= 11 is 0. The number of hydrogen-bond acceptors (Lipinski definition) is 6. The van der Waals surface area contributed by atoms with E-state index < -0.39 is 29.3 Å². The highest BCUT2D eigenvalue weighted by atomic mass is 16.5. The zero-order chi connectivity index (χ0) is 26.6. The number of aliphatic hydroxyl groups excluding tert-OH is 4. The van der Waals surface area contributed by atoms with Crippen molar-refractivity contribution in [3.63, 3.8) is 0 Å². The zero-order valence-corrected chi connectivity index (χ0v) is 23.2. The lowest BCUT2D eigenvalue weighted by molar-refractivity contribution is -0.225. The minimum atomic E-state index is -1.60. The zero-order valence-electron chi connectivity index (χ0n) is 23.2. The summed E-state index contributed by atoms with van der Waals surface area (Å²) in [5, 5.41) is 55.7. The molecule has 0 aromatic carbocycles. The Bertz CT molecular complexity index is 868. The molecule has 6 nitrogen and oxygen atoms in total. The fourth-order valence-corrected chi connectivity index (χ4v) is 8.54. The number of hydrogen-bond donors (Lipinski definition) is 5. The second kappa shape index (κ2) is 10.1. The van der Waals surface area contributed by atoms with E-state index in [-0.39, 0.29) is 37.1 Å². The van der Waals surface area contributed by atoms with Crippen LogP contribution in [0, 0.1) is 40.4 Å². The van der Waals surface area contributed by atoms with Crippen LogP contribution in [-0.2, 0) is 4.74 Å². The predicted molar refractivity (Wildman–Crippen MR) is 140 cm³/mol. The van der Waals surface area contributed by atoms with Gasteiger partial charge in [-0.15, -0.1) is 0 Å². The normalized spacial score (nSPS) is 46.6. The van der Waals surface area contributed by atoms with Crippen LogP contribution in [0.1, 0.15) is 80.1 Å². The summed E-state index contributed by atoms with van der Waals surface area (Å²) in [6, 6.07) is 0. The number of fused-ring (bicyclic) bond motifs is 4. The van der Waals surface area contributed by atoms with Crippen LogP contribution in [0.15, 0.2) is 23.3 Å². The molecule has 4 aliphatic rings. The number of ether oxygens (including phenoxy) is 1. The first-order chi connectivity index (χ1) is 16.8. The maximum atomic E-state index is 11.9. The van der Waals surface area contributed by atoms with Crippen LogP contribution < -0.4 is 0 Å². The van der Waals surface area contributed by atoms with Gasteiger partial charge in [0.2, 0.25) is 0 Å². The molecule has 5 N–H and O–H groups in total. The van der Waals surface area contributed by atoms with Crippen LogP contribution in [0.4, 0.5) is 0 Å². The van der Waals surface area contributed by atoms with Crippen LogP contribution in [0.2, 0.25) is 0 Å². The highest BCUT2D eigenvalue weighted by Gasteiger charge is 2.67. The second-order valence-electron chi connectivity index (χ2n) is 13.3. The maximum absolute atomic E-state index is 11.9. The molecule has 0 radical (unpaired) electrons. The number of rotatable bonds is 7. The van der Waals surface area contributed by atoms with E-state index in [2.05, 4.69) is 46.8 Å². The SMILES string of the molecule is CC(C)C(C)/C=C/[C@@H](C)[C@H]1CC[C@H]2C3=C([C@H](O)C[C@]12C)[C@@]1(C)CC[C@H](OCCO)C[C@]1(O)[C@@H](O)[C@H]3O. The summed E-state index contributed by atoms with van der Waals surface area (Å²) in [5.41, 5.74) is -1.06. The molecule has 36 heavy (non-hydrogen) atoms. The van der Waals surface area contributed by atoms with Gasteiger partial charge in [-0.3, -0.25) is 0 Å².